The third-order valence-electron chi connectivity index (χ3n) is 4.11. The zero-order valence-electron chi connectivity index (χ0n) is 14.1. The maximum absolute atomic E-state index is 12.5. The minimum atomic E-state index is -0.0187. The van der Waals surface area contributed by atoms with E-state index in [1.165, 1.54) is 0 Å². The van der Waals surface area contributed by atoms with Crippen molar-refractivity contribution in [3.8, 4) is 5.75 Å². The third kappa shape index (κ3) is 3.76. The number of aromatic nitrogens is 2. The first-order valence-corrected chi connectivity index (χ1v) is 8.23. The first kappa shape index (κ1) is 16.5. The van der Waals surface area contributed by atoms with Crippen molar-refractivity contribution in [3.63, 3.8) is 0 Å². The summed E-state index contributed by atoms with van der Waals surface area (Å²) >= 11 is 0. The Balaban J connectivity index is 1.66. The molecule has 6 nitrogen and oxygen atoms in total. The number of aryl methyl sites for hydroxylation is 1. The van der Waals surface area contributed by atoms with Crippen LogP contribution in [0.5, 0.6) is 5.75 Å². The molecule has 0 bridgehead atoms. The Bertz CT molecular complexity index is 684. The quantitative estimate of drug-likeness (QED) is 0.813. The van der Waals surface area contributed by atoms with Crippen LogP contribution >= 0.6 is 0 Å². The Hall–Kier alpha value is -2.34. The molecule has 2 heterocycles. The molecule has 0 radical (unpaired) electrons. The molecule has 1 aromatic carbocycles. The minimum absolute atomic E-state index is 0.0187. The highest BCUT2D eigenvalue weighted by Crippen LogP contribution is 2.27. The van der Waals surface area contributed by atoms with Gasteiger partial charge in [0.2, 0.25) is 0 Å². The molecule has 0 spiro atoms. The van der Waals surface area contributed by atoms with Gasteiger partial charge in [0, 0.05) is 44.4 Å². The van der Waals surface area contributed by atoms with Crippen molar-refractivity contribution < 1.29 is 14.3 Å². The molecule has 0 N–H and O–H groups in total. The van der Waals surface area contributed by atoms with E-state index < -0.39 is 0 Å². The third-order valence-corrected chi connectivity index (χ3v) is 4.11. The summed E-state index contributed by atoms with van der Waals surface area (Å²) in [5.41, 5.74) is 2.13. The first-order chi connectivity index (χ1) is 11.7. The fourth-order valence-electron chi connectivity index (χ4n) is 2.98. The largest absolute Gasteiger partial charge is 0.484 e. The van der Waals surface area contributed by atoms with E-state index in [1.807, 2.05) is 55.4 Å². The average molecular weight is 329 g/mol. The zero-order chi connectivity index (χ0) is 16.9. The van der Waals surface area contributed by atoms with Gasteiger partial charge in [0.05, 0.1) is 12.3 Å². The van der Waals surface area contributed by atoms with E-state index in [0.717, 1.165) is 11.3 Å². The standard InChI is InChI=1S/C18H23N3O3/c1-3-23-12-15-11-21(10-14-9-20(2)19-18(14)15)17(22)13-24-16-7-5-4-6-8-16/h4-9,15H,3,10-13H2,1-2H3. The average Bonchev–Trinajstić information content (AvgIpc) is 2.98. The number of carbonyl (C=O) groups is 1. The molecule has 0 aliphatic carbocycles. The zero-order valence-corrected chi connectivity index (χ0v) is 14.1. The van der Waals surface area contributed by atoms with Crippen LogP contribution in [0.2, 0.25) is 0 Å². The SMILES string of the molecule is CCOCC1CN(C(=O)COc2ccccc2)Cc2cn(C)nc21. The molecule has 6 heteroatoms. The van der Waals surface area contributed by atoms with Crippen LogP contribution < -0.4 is 4.74 Å². The summed E-state index contributed by atoms with van der Waals surface area (Å²) in [5.74, 6) is 0.793. The predicted molar refractivity (Wildman–Crippen MR) is 89.8 cm³/mol. The van der Waals surface area contributed by atoms with Crippen molar-refractivity contribution in [2.75, 3.05) is 26.4 Å². The molecule has 0 fully saturated rings. The van der Waals surface area contributed by atoms with E-state index >= 15 is 0 Å². The van der Waals surface area contributed by atoms with Gasteiger partial charge >= 0.3 is 0 Å². The van der Waals surface area contributed by atoms with Crippen LogP contribution in [0.1, 0.15) is 24.1 Å². The summed E-state index contributed by atoms with van der Waals surface area (Å²) in [5, 5.41) is 4.54. The molecule has 1 aliphatic rings. The van der Waals surface area contributed by atoms with Gasteiger partial charge in [-0.25, -0.2) is 0 Å². The van der Waals surface area contributed by atoms with Gasteiger partial charge in [-0.3, -0.25) is 9.48 Å². The van der Waals surface area contributed by atoms with Gasteiger partial charge in [0.15, 0.2) is 6.61 Å². The summed E-state index contributed by atoms with van der Waals surface area (Å²) in [7, 11) is 1.90. The fourth-order valence-corrected chi connectivity index (χ4v) is 2.98. The molecule has 0 saturated carbocycles. The molecule has 2 aromatic rings. The number of rotatable bonds is 6. The number of carbonyl (C=O) groups excluding carboxylic acids is 1. The summed E-state index contributed by atoms with van der Waals surface area (Å²) in [6.45, 7) is 4.43. The van der Waals surface area contributed by atoms with Crippen LogP contribution in [-0.2, 0) is 23.1 Å². The van der Waals surface area contributed by atoms with Gasteiger partial charge in [0.1, 0.15) is 5.75 Å². The number of hydrogen-bond acceptors (Lipinski definition) is 4. The molecule has 1 aromatic heterocycles. The predicted octanol–water partition coefficient (Wildman–Crippen LogP) is 1.96. The lowest BCUT2D eigenvalue weighted by molar-refractivity contribution is -0.134. The summed E-state index contributed by atoms with van der Waals surface area (Å²) in [6, 6.07) is 9.39. The van der Waals surface area contributed by atoms with Gasteiger partial charge in [-0.2, -0.15) is 5.10 Å². The van der Waals surface area contributed by atoms with Gasteiger partial charge in [-0.1, -0.05) is 18.2 Å². The Kier molecular flexibility index (Phi) is 5.15. The summed E-state index contributed by atoms with van der Waals surface area (Å²) in [4.78, 5) is 14.4. The molecule has 3 rings (SSSR count). The number of amides is 1. The van der Waals surface area contributed by atoms with Gasteiger partial charge in [-0.05, 0) is 19.1 Å². The van der Waals surface area contributed by atoms with Crippen molar-refractivity contribution in [2.45, 2.75) is 19.4 Å². The highest BCUT2D eigenvalue weighted by molar-refractivity contribution is 5.78. The smallest absolute Gasteiger partial charge is 0.260 e. The van der Waals surface area contributed by atoms with E-state index in [-0.39, 0.29) is 18.4 Å². The van der Waals surface area contributed by atoms with E-state index in [4.69, 9.17) is 9.47 Å². The molecular formula is C18H23N3O3. The number of ether oxygens (including phenoxy) is 2. The van der Waals surface area contributed by atoms with Gasteiger partial charge < -0.3 is 14.4 Å². The monoisotopic (exact) mass is 329 g/mol. The topological polar surface area (TPSA) is 56.6 Å². The van der Waals surface area contributed by atoms with Crippen molar-refractivity contribution in [3.05, 3.63) is 47.8 Å². The molecule has 1 aliphatic heterocycles. The van der Waals surface area contributed by atoms with Crippen LogP contribution in [0.15, 0.2) is 36.5 Å². The van der Waals surface area contributed by atoms with Crippen LogP contribution in [0.4, 0.5) is 0 Å². The summed E-state index contributed by atoms with van der Waals surface area (Å²) < 4.78 is 13.0. The molecule has 24 heavy (non-hydrogen) atoms. The van der Waals surface area contributed by atoms with Crippen LogP contribution in [0, 0.1) is 0 Å². The van der Waals surface area contributed by atoms with Crippen molar-refractivity contribution in [2.24, 2.45) is 7.05 Å². The number of para-hydroxylation sites is 1. The van der Waals surface area contributed by atoms with Gasteiger partial charge in [0.25, 0.3) is 5.91 Å². The first-order valence-electron chi connectivity index (χ1n) is 8.23. The molecule has 1 unspecified atom stereocenters. The van der Waals surface area contributed by atoms with Crippen LogP contribution in [0.3, 0.4) is 0 Å². The van der Waals surface area contributed by atoms with Crippen LogP contribution in [0.25, 0.3) is 0 Å². The van der Waals surface area contributed by atoms with Gasteiger partial charge in [-0.15, -0.1) is 0 Å². The van der Waals surface area contributed by atoms with E-state index in [9.17, 15) is 4.79 Å². The maximum atomic E-state index is 12.5. The lowest BCUT2D eigenvalue weighted by Gasteiger charge is -2.31. The lowest BCUT2D eigenvalue weighted by Crippen LogP contribution is -2.41. The van der Waals surface area contributed by atoms with E-state index in [2.05, 4.69) is 5.10 Å². The molecule has 1 atom stereocenters. The van der Waals surface area contributed by atoms with Crippen molar-refractivity contribution in [1.82, 2.24) is 14.7 Å². The number of benzene rings is 1. The van der Waals surface area contributed by atoms with Crippen molar-refractivity contribution >= 4 is 5.91 Å². The highest BCUT2D eigenvalue weighted by atomic mass is 16.5. The molecule has 0 saturated heterocycles. The van der Waals surface area contributed by atoms with E-state index in [1.54, 1.807) is 4.68 Å². The minimum Gasteiger partial charge on any atom is -0.484 e. The van der Waals surface area contributed by atoms with E-state index in [0.29, 0.717) is 32.1 Å². The second kappa shape index (κ2) is 7.49. The molecule has 1 amide bonds. The normalized spacial score (nSPS) is 16.8. The fraction of sp³-hybridized carbons (Fsp3) is 0.444. The Morgan fingerprint density at radius 3 is 2.88 bits per heavy atom. The number of hydrogen-bond donors (Lipinski definition) is 0. The second-order valence-electron chi connectivity index (χ2n) is 5.95. The Morgan fingerprint density at radius 2 is 2.12 bits per heavy atom. The highest BCUT2D eigenvalue weighted by Gasteiger charge is 2.31. The Labute approximate surface area is 142 Å². The summed E-state index contributed by atoms with van der Waals surface area (Å²) in [6.07, 6.45) is 1.98. The number of fused-ring (bicyclic) bond motifs is 1. The number of nitrogens with zero attached hydrogens (tertiary/aromatic N) is 3. The molecule has 128 valence electrons. The second-order valence-corrected chi connectivity index (χ2v) is 5.95. The maximum Gasteiger partial charge on any atom is 0.260 e. The van der Waals surface area contributed by atoms with Crippen molar-refractivity contribution in [1.29, 1.82) is 0 Å². The molecular weight excluding hydrogens is 306 g/mol. The lowest BCUT2D eigenvalue weighted by atomic mass is 9.97. The Morgan fingerprint density at radius 1 is 1.33 bits per heavy atom. The van der Waals surface area contributed by atoms with Crippen LogP contribution in [-0.4, -0.2) is 47.0 Å².